The van der Waals surface area contributed by atoms with Crippen LogP contribution in [0.3, 0.4) is 0 Å². The molecule has 2 N–H and O–H groups in total. The third-order valence-corrected chi connectivity index (χ3v) is 4.05. The number of likely N-dealkylation sites (tertiary alicyclic amines) is 1. The molecule has 2 fully saturated rings. The molecule has 0 radical (unpaired) electrons. The van der Waals surface area contributed by atoms with Crippen LogP contribution in [0.5, 0.6) is 0 Å². The van der Waals surface area contributed by atoms with Crippen molar-refractivity contribution in [3.8, 4) is 0 Å². The number of ether oxygens (including phenoxy) is 1. The molecule has 3 rings (SSSR count). The van der Waals surface area contributed by atoms with Crippen LogP contribution < -0.4 is 5.73 Å². The highest BCUT2D eigenvalue weighted by atomic mass is 16.5. The molecular formula is C15H22N4O. The molecule has 1 aromatic rings. The summed E-state index contributed by atoms with van der Waals surface area (Å²) in [4.78, 5) is 9.20. The lowest BCUT2D eigenvalue weighted by Gasteiger charge is -2.32. The first-order valence-electron chi connectivity index (χ1n) is 7.29. The largest absolute Gasteiger partial charge is 0.379 e. The molecular weight excluding hydrogens is 252 g/mol. The van der Waals surface area contributed by atoms with Crippen LogP contribution in [0, 0.1) is 0 Å². The lowest BCUT2D eigenvalue weighted by Crippen LogP contribution is -2.45. The van der Waals surface area contributed by atoms with E-state index in [-0.39, 0.29) is 0 Å². The minimum Gasteiger partial charge on any atom is -0.379 e. The molecule has 1 aromatic carbocycles. The third kappa shape index (κ3) is 3.11. The van der Waals surface area contributed by atoms with Crippen LogP contribution in [0.4, 0.5) is 5.69 Å². The van der Waals surface area contributed by atoms with Gasteiger partial charge in [-0.1, -0.05) is 18.2 Å². The van der Waals surface area contributed by atoms with Crippen molar-refractivity contribution >= 4 is 11.6 Å². The van der Waals surface area contributed by atoms with Gasteiger partial charge in [-0.15, -0.1) is 0 Å². The van der Waals surface area contributed by atoms with Crippen molar-refractivity contribution in [2.75, 3.05) is 39.4 Å². The van der Waals surface area contributed by atoms with E-state index in [9.17, 15) is 0 Å². The zero-order valence-corrected chi connectivity index (χ0v) is 11.7. The first kappa shape index (κ1) is 13.4. The molecule has 5 nitrogen and oxygen atoms in total. The number of hydrogen-bond donors (Lipinski definition) is 1. The van der Waals surface area contributed by atoms with Gasteiger partial charge in [0.1, 0.15) is 0 Å². The van der Waals surface area contributed by atoms with Gasteiger partial charge in [-0.2, -0.15) is 0 Å². The van der Waals surface area contributed by atoms with Crippen LogP contribution >= 0.6 is 0 Å². The first-order chi connectivity index (χ1) is 9.83. The molecule has 20 heavy (non-hydrogen) atoms. The van der Waals surface area contributed by atoms with Gasteiger partial charge in [0.05, 0.1) is 18.9 Å². The Morgan fingerprint density at radius 1 is 1.15 bits per heavy atom. The van der Waals surface area contributed by atoms with Gasteiger partial charge in [0.25, 0.3) is 0 Å². The van der Waals surface area contributed by atoms with Crippen molar-refractivity contribution < 1.29 is 4.74 Å². The molecule has 108 valence electrons. The summed E-state index contributed by atoms with van der Waals surface area (Å²) in [5, 5.41) is 0. The maximum atomic E-state index is 6.14. The third-order valence-electron chi connectivity index (χ3n) is 4.05. The van der Waals surface area contributed by atoms with Gasteiger partial charge >= 0.3 is 0 Å². The van der Waals surface area contributed by atoms with Crippen molar-refractivity contribution in [1.29, 1.82) is 0 Å². The maximum absolute atomic E-state index is 6.14. The fraction of sp³-hybridized carbons (Fsp3) is 0.533. The second kappa shape index (κ2) is 6.24. The van der Waals surface area contributed by atoms with E-state index in [1.54, 1.807) is 0 Å². The van der Waals surface area contributed by atoms with E-state index in [0.29, 0.717) is 12.0 Å². The number of aliphatic imine (C=N–C) groups is 1. The maximum Gasteiger partial charge on any atom is 0.196 e. The lowest BCUT2D eigenvalue weighted by molar-refractivity contribution is 0.0195. The Morgan fingerprint density at radius 2 is 1.90 bits per heavy atom. The Bertz CT molecular complexity index is 456. The number of morpholine rings is 1. The number of benzene rings is 1. The number of nitrogens with two attached hydrogens (primary N) is 1. The summed E-state index contributed by atoms with van der Waals surface area (Å²) in [7, 11) is 0. The molecule has 1 unspecified atom stereocenters. The molecule has 0 spiro atoms. The van der Waals surface area contributed by atoms with E-state index in [4.69, 9.17) is 10.5 Å². The smallest absolute Gasteiger partial charge is 0.196 e. The van der Waals surface area contributed by atoms with E-state index in [1.165, 1.54) is 0 Å². The summed E-state index contributed by atoms with van der Waals surface area (Å²) in [5.74, 6) is 0.631. The Balaban J connectivity index is 1.60. The zero-order chi connectivity index (χ0) is 13.8. The molecule has 1 atom stereocenters. The number of rotatable bonds is 2. The van der Waals surface area contributed by atoms with E-state index in [2.05, 4.69) is 14.8 Å². The second-order valence-corrected chi connectivity index (χ2v) is 5.34. The molecule has 5 heteroatoms. The van der Waals surface area contributed by atoms with Crippen molar-refractivity contribution in [2.24, 2.45) is 10.7 Å². The number of nitrogens with zero attached hydrogens (tertiary/aromatic N) is 3. The molecule has 0 amide bonds. The molecule has 2 aliphatic rings. The summed E-state index contributed by atoms with van der Waals surface area (Å²) >= 11 is 0. The topological polar surface area (TPSA) is 54.1 Å². The Kier molecular flexibility index (Phi) is 4.18. The molecule has 0 aliphatic carbocycles. The molecule has 0 saturated carbocycles. The van der Waals surface area contributed by atoms with Gasteiger partial charge < -0.3 is 15.4 Å². The second-order valence-electron chi connectivity index (χ2n) is 5.34. The van der Waals surface area contributed by atoms with Gasteiger partial charge in [-0.3, -0.25) is 4.90 Å². The van der Waals surface area contributed by atoms with E-state index >= 15 is 0 Å². The van der Waals surface area contributed by atoms with Gasteiger partial charge in [-0.05, 0) is 18.6 Å². The Labute approximate surface area is 120 Å². The van der Waals surface area contributed by atoms with Crippen LogP contribution in [-0.4, -0.2) is 61.2 Å². The van der Waals surface area contributed by atoms with Crippen molar-refractivity contribution in [3.05, 3.63) is 30.3 Å². The number of para-hydroxylation sites is 1. The summed E-state index contributed by atoms with van der Waals surface area (Å²) in [6.45, 7) is 5.74. The van der Waals surface area contributed by atoms with Gasteiger partial charge in [0.15, 0.2) is 5.96 Å². The Morgan fingerprint density at radius 3 is 2.65 bits per heavy atom. The summed E-state index contributed by atoms with van der Waals surface area (Å²) < 4.78 is 5.41. The number of hydrogen-bond acceptors (Lipinski definition) is 3. The minimum absolute atomic E-state index is 0.587. The summed E-state index contributed by atoms with van der Waals surface area (Å²) in [6, 6.07) is 10.5. The highest BCUT2D eigenvalue weighted by Gasteiger charge is 2.29. The van der Waals surface area contributed by atoms with Crippen LogP contribution in [0.25, 0.3) is 0 Å². The molecule has 2 aliphatic heterocycles. The highest BCUT2D eigenvalue weighted by molar-refractivity contribution is 5.81. The first-order valence-corrected chi connectivity index (χ1v) is 7.29. The molecule has 0 aromatic heterocycles. The van der Waals surface area contributed by atoms with E-state index < -0.39 is 0 Å². The summed E-state index contributed by atoms with van der Waals surface area (Å²) in [6.07, 6.45) is 1.16. The van der Waals surface area contributed by atoms with E-state index in [1.807, 2.05) is 30.3 Å². The SMILES string of the molecule is NC(=Nc1ccccc1)N1CCC(N2CCOCC2)C1. The van der Waals surface area contributed by atoms with Gasteiger partial charge in [0.2, 0.25) is 0 Å². The molecule has 0 bridgehead atoms. The van der Waals surface area contributed by atoms with Crippen molar-refractivity contribution in [3.63, 3.8) is 0 Å². The van der Waals surface area contributed by atoms with Crippen LogP contribution in [0.15, 0.2) is 35.3 Å². The standard InChI is InChI=1S/C15H22N4O/c16-15(17-13-4-2-1-3-5-13)19-7-6-14(12-19)18-8-10-20-11-9-18/h1-5,14H,6-12H2,(H2,16,17). The lowest BCUT2D eigenvalue weighted by atomic mass is 10.2. The quantitative estimate of drug-likeness (QED) is 0.647. The van der Waals surface area contributed by atoms with Gasteiger partial charge in [0, 0.05) is 32.2 Å². The van der Waals surface area contributed by atoms with E-state index in [0.717, 1.165) is 51.5 Å². The fourth-order valence-electron chi connectivity index (χ4n) is 2.90. The average molecular weight is 274 g/mol. The molecule has 2 saturated heterocycles. The predicted octanol–water partition coefficient (Wildman–Crippen LogP) is 1.04. The zero-order valence-electron chi connectivity index (χ0n) is 11.7. The number of guanidine groups is 1. The summed E-state index contributed by atoms with van der Waals surface area (Å²) in [5.41, 5.74) is 7.05. The normalized spacial score (nSPS) is 25.1. The monoisotopic (exact) mass is 274 g/mol. The average Bonchev–Trinajstić information content (AvgIpc) is 2.99. The minimum atomic E-state index is 0.587. The van der Waals surface area contributed by atoms with Gasteiger partial charge in [-0.25, -0.2) is 4.99 Å². The highest BCUT2D eigenvalue weighted by Crippen LogP contribution is 2.18. The fourth-order valence-corrected chi connectivity index (χ4v) is 2.90. The van der Waals surface area contributed by atoms with Crippen molar-refractivity contribution in [2.45, 2.75) is 12.5 Å². The van der Waals surface area contributed by atoms with Crippen LogP contribution in [0.2, 0.25) is 0 Å². The van der Waals surface area contributed by atoms with Crippen molar-refractivity contribution in [1.82, 2.24) is 9.80 Å². The van der Waals surface area contributed by atoms with Crippen LogP contribution in [-0.2, 0) is 4.74 Å². The molecule has 2 heterocycles. The van der Waals surface area contributed by atoms with Crippen LogP contribution in [0.1, 0.15) is 6.42 Å². The predicted molar refractivity (Wildman–Crippen MR) is 80.1 cm³/mol. The Hall–Kier alpha value is -1.59.